The minimum atomic E-state index is -1.86. The summed E-state index contributed by atoms with van der Waals surface area (Å²) in [6.45, 7) is 5.99. The highest BCUT2D eigenvalue weighted by Crippen LogP contribution is 2.80. The van der Waals surface area contributed by atoms with Gasteiger partial charge in [0.2, 0.25) is 0 Å². The third-order valence-corrected chi connectivity index (χ3v) is 13.4. The van der Waals surface area contributed by atoms with E-state index in [-0.39, 0.29) is 24.6 Å². The molecule has 15 atom stereocenters. The van der Waals surface area contributed by atoms with E-state index in [2.05, 4.69) is 4.90 Å². The molecule has 13 nitrogen and oxygen atoms in total. The Labute approximate surface area is 286 Å². The lowest BCUT2D eigenvalue weighted by Crippen LogP contribution is -2.81. The van der Waals surface area contributed by atoms with Gasteiger partial charge in [0.05, 0.1) is 24.4 Å². The van der Waals surface area contributed by atoms with Gasteiger partial charge >= 0.3 is 17.9 Å². The number of hydrogen-bond acceptors (Lipinski definition) is 13. The molecule has 0 aromatic heterocycles. The molecule has 6 fully saturated rings. The zero-order valence-corrected chi connectivity index (χ0v) is 29.2. The molecule has 1 aromatic carbocycles. The Balaban J connectivity index is 1.53. The van der Waals surface area contributed by atoms with Crippen molar-refractivity contribution in [3.05, 3.63) is 35.9 Å². The Kier molecular flexibility index (Phi) is 8.49. The van der Waals surface area contributed by atoms with Gasteiger partial charge in [-0.2, -0.15) is 0 Å². The van der Waals surface area contributed by atoms with E-state index in [0.717, 1.165) is 0 Å². The van der Waals surface area contributed by atoms with Crippen LogP contribution in [0.1, 0.15) is 44.0 Å². The summed E-state index contributed by atoms with van der Waals surface area (Å²) in [4.78, 5) is 42.2. The fourth-order valence-corrected chi connectivity index (χ4v) is 12.7. The summed E-state index contributed by atoms with van der Waals surface area (Å²) in [5, 5.41) is 25.5. The average molecular weight is 688 g/mol. The number of aliphatic hydroxyl groups is 2. The highest BCUT2D eigenvalue weighted by Gasteiger charge is 2.92. The molecule has 6 aliphatic rings. The highest BCUT2D eigenvalue weighted by molar-refractivity contribution is 5.89. The summed E-state index contributed by atoms with van der Waals surface area (Å²) in [7, 11) is 6.25. The summed E-state index contributed by atoms with van der Waals surface area (Å²) in [6, 6.07) is 8.12. The first-order valence-electron chi connectivity index (χ1n) is 17.2. The second-order valence-corrected chi connectivity index (χ2v) is 15.0. The van der Waals surface area contributed by atoms with Crippen LogP contribution < -0.4 is 0 Å². The molecule has 1 heterocycles. The predicted molar refractivity (Wildman–Crippen MR) is 170 cm³/mol. The zero-order chi connectivity index (χ0) is 35.3. The number of likely N-dealkylation sites (tertiary alicyclic amines) is 1. The lowest BCUT2D eigenvalue weighted by atomic mass is 9.42. The Hall–Kier alpha value is -2.65. The van der Waals surface area contributed by atoms with Gasteiger partial charge in [0.15, 0.2) is 5.60 Å². The highest BCUT2D eigenvalue weighted by atomic mass is 16.6. The number of carbonyl (C=O) groups excluding carboxylic acids is 3. The first-order chi connectivity index (χ1) is 23.4. The van der Waals surface area contributed by atoms with Crippen LogP contribution >= 0.6 is 0 Å². The summed E-state index contributed by atoms with van der Waals surface area (Å²) >= 11 is 0. The van der Waals surface area contributed by atoms with Gasteiger partial charge in [0.25, 0.3) is 0 Å². The molecule has 7 rings (SSSR count). The normalized spacial score (nSPS) is 47.4. The number of ether oxygens (including phenoxy) is 7. The maximum absolute atomic E-state index is 13.8. The Morgan fingerprint density at radius 1 is 0.918 bits per heavy atom. The fourth-order valence-electron chi connectivity index (χ4n) is 12.7. The number of rotatable bonds is 10. The lowest BCUT2D eigenvalue weighted by molar-refractivity contribution is -0.322. The van der Waals surface area contributed by atoms with E-state index in [1.54, 1.807) is 51.7 Å². The van der Waals surface area contributed by atoms with Gasteiger partial charge in [-0.3, -0.25) is 14.5 Å². The summed E-state index contributed by atoms with van der Waals surface area (Å²) in [5.41, 5.74) is -4.92. The molecular formula is C36H49NO12. The first-order valence-corrected chi connectivity index (χ1v) is 17.2. The minimum Gasteiger partial charge on any atom is -0.462 e. The van der Waals surface area contributed by atoms with Crippen LogP contribution in [0.15, 0.2) is 30.3 Å². The van der Waals surface area contributed by atoms with Crippen LogP contribution in [0, 0.1) is 34.5 Å². The monoisotopic (exact) mass is 687 g/mol. The quantitative estimate of drug-likeness (QED) is 0.267. The van der Waals surface area contributed by atoms with Gasteiger partial charge in [-0.25, -0.2) is 4.79 Å². The number of fused-ring (bicyclic) bond motifs is 2. The largest absolute Gasteiger partial charge is 0.462 e. The zero-order valence-electron chi connectivity index (χ0n) is 29.2. The number of esters is 3. The molecule has 5 saturated carbocycles. The molecule has 5 aliphatic carbocycles. The number of methoxy groups -OCH3 is 4. The molecule has 1 spiro atoms. The van der Waals surface area contributed by atoms with E-state index < -0.39 is 100 Å². The summed E-state index contributed by atoms with van der Waals surface area (Å²) < 4.78 is 43.9. The van der Waals surface area contributed by atoms with Crippen molar-refractivity contribution in [3.63, 3.8) is 0 Å². The summed E-state index contributed by atoms with van der Waals surface area (Å²) in [5.74, 6) is -4.24. The maximum atomic E-state index is 13.8. The van der Waals surface area contributed by atoms with Crippen LogP contribution in [0.4, 0.5) is 0 Å². The van der Waals surface area contributed by atoms with Crippen LogP contribution in [0.25, 0.3) is 0 Å². The molecule has 2 N–H and O–H groups in total. The fraction of sp³-hybridized carbons (Fsp3) is 0.750. The van der Waals surface area contributed by atoms with E-state index >= 15 is 0 Å². The number of benzene rings is 1. The molecule has 0 amide bonds. The van der Waals surface area contributed by atoms with E-state index in [1.165, 1.54) is 21.0 Å². The maximum Gasteiger partial charge on any atom is 0.338 e. The molecule has 3 unspecified atom stereocenters. The van der Waals surface area contributed by atoms with Crippen LogP contribution in [0.5, 0.6) is 0 Å². The van der Waals surface area contributed by atoms with Crippen molar-refractivity contribution in [1.82, 2.24) is 4.90 Å². The van der Waals surface area contributed by atoms with Crippen LogP contribution in [-0.2, 0) is 42.7 Å². The number of nitrogens with zero attached hydrogens (tertiary/aromatic N) is 1. The summed E-state index contributed by atoms with van der Waals surface area (Å²) in [6.07, 6.45) is -5.45. The molecular weight excluding hydrogens is 638 g/mol. The van der Waals surface area contributed by atoms with Crippen molar-refractivity contribution >= 4 is 17.9 Å². The third-order valence-electron chi connectivity index (χ3n) is 13.4. The van der Waals surface area contributed by atoms with Crippen LogP contribution in [0.2, 0.25) is 0 Å². The first kappa shape index (κ1) is 34.8. The van der Waals surface area contributed by atoms with E-state index in [0.29, 0.717) is 19.5 Å². The second kappa shape index (κ2) is 12.0. The van der Waals surface area contributed by atoms with Gasteiger partial charge in [-0.05, 0) is 31.0 Å². The van der Waals surface area contributed by atoms with Gasteiger partial charge in [0, 0.05) is 89.9 Å². The predicted octanol–water partition coefficient (Wildman–Crippen LogP) is 1.22. The third kappa shape index (κ3) is 4.21. The van der Waals surface area contributed by atoms with Gasteiger partial charge in [-0.1, -0.05) is 25.1 Å². The molecule has 0 radical (unpaired) electrons. The smallest absolute Gasteiger partial charge is 0.338 e. The van der Waals surface area contributed by atoms with Crippen LogP contribution in [0.3, 0.4) is 0 Å². The minimum absolute atomic E-state index is 0.0534. The van der Waals surface area contributed by atoms with Gasteiger partial charge in [-0.15, -0.1) is 0 Å². The Bertz CT molecular complexity index is 1480. The topological polar surface area (TPSA) is 160 Å². The molecule has 13 heteroatoms. The molecule has 7 bridgehead atoms. The van der Waals surface area contributed by atoms with Crippen molar-refractivity contribution in [3.8, 4) is 0 Å². The van der Waals surface area contributed by atoms with E-state index in [9.17, 15) is 24.6 Å². The van der Waals surface area contributed by atoms with E-state index in [4.69, 9.17) is 33.2 Å². The Morgan fingerprint density at radius 2 is 1.63 bits per heavy atom. The van der Waals surface area contributed by atoms with Crippen molar-refractivity contribution in [2.24, 2.45) is 34.5 Å². The van der Waals surface area contributed by atoms with Crippen molar-refractivity contribution in [2.75, 3.05) is 48.1 Å². The van der Waals surface area contributed by atoms with Crippen molar-refractivity contribution in [2.45, 2.75) is 87.5 Å². The number of carbonyl (C=O) groups is 3. The molecule has 270 valence electrons. The number of aliphatic hydroxyl groups excluding tert-OH is 1. The molecule has 49 heavy (non-hydrogen) atoms. The van der Waals surface area contributed by atoms with E-state index in [1.807, 2.05) is 6.92 Å². The number of hydrogen-bond donors (Lipinski definition) is 2. The molecule has 1 saturated heterocycles. The lowest BCUT2D eigenvalue weighted by Gasteiger charge is -2.70. The molecule has 1 aromatic rings. The number of piperidine rings is 1. The molecule has 1 aliphatic heterocycles. The van der Waals surface area contributed by atoms with Crippen LogP contribution in [-0.4, -0.2) is 135 Å². The van der Waals surface area contributed by atoms with Gasteiger partial charge in [0.1, 0.15) is 30.0 Å². The van der Waals surface area contributed by atoms with Gasteiger partial charge < -0.3 is 43.4 Å². The SMILES string of the molecule is CCN1C[C@@]2(COC)C3C(OC)[C@H]4C1[C@]3([C@@H](OC)C[C@H]2OC(C)=O)[C@@H]1C[C@@]2(O)[C@H](OC(=O)c3ccccc3)[C@@H]1[C@]4(OC(C)=O)[C@@H](O)[C@@H]2OC. The second-order valence-electron chi connectivity index (χ2n) is 15.0. The average Bonchev–Trinajstić information content (AvgIpc) is 3.44. The Morgan fingerprint density at radius 3 is 2.20 bits per heavy atom. The standard InChI is InChI=1S/C36H49NO12/c1-8-37-16-33(17-43-4)22(47-18(2)38)14-23(44-5)35-21-15-34(42)30(48-32(41)20-12-10-9-11-13-20)24(21)36(49-19(3)39,29(40)31(34)46-7)25(28(35)37)26(45-6)27(33)35/h9-13,21-31,40,42H,8,14-17H2,1-7H3/t21-,22-,23+,24-,25+,26?,27?,28?,29+,30-,31+,33+,34-,35+,36-/m1/s1. The van der Waals surface area contributed by atoms with Crippen molar-refractivity contribution < 1.29 is 57.8 Å². The van der Waals surface area contributed by atoms with Crippen molar-refractivity contribution in [1.29, 1.82) is 0 Å².